The van der Waals surface area contributed by atoms with Gasteiger partial charge < -0.3 is 13.6 Å². The van der Waals surface area contributed by atoms with Gasteiger partial charge in [0.1, 0.15) is 0 Å². The maximum atomic E-state index is 11.1. The van der Waals surface area contributed by atoms with Crippen molar-refractivity contribution in [3.63, 3.8) is 0 Å². The fourth-order valence-corrected chi connectivity index (χ4v) is 7.33. The van der Waals surface area contributed by atoms with Crippen LogP contribution in [0.4, 0.5) is 0 Å². The smallest absolute Gasteiger partial charge is 0.333 e. The fourth-order valence-electron chi connectivity index (χ4n) is 1.17. The Labute approximate surface area is 99.6 Å². The van der Waals surface area contributed by atoms with Crippen molar-refractivity contribution in [2.24, 2.45) is 0 Å². The average Bonchev–Trinajstić information content (AvgIpc) is 1.98. The largest absolute Gasteiger partial charge is 0.462 e. The lowest BCUT2D eigenvalue weighted by Gasteiger charge is -2.29. The maximum Gasteiger partial charge on any atom is 0.333 e. The van der Waals surface area contributed by atoms with Crippen molar-refractivity contribution in [3.8, 4) is 0 Å². The summed E-state index contributed by atoms with van der Waals surface area (Å²) in [4.78, 5) is 21.1. The van der Waals surface area contributed by atoms with Crippen molar-refractivity contribution >= 4 is 22.8 Å². The highest BCUT2D eigenvalue weighted by Crippen LogP contribution is 2.15. The molecule has 6 heteroatoms. The first kappa shape index (κ1) is 15.6. The lowest BCUT2D eigenvalue weighted by Crippen LogP contribution is -2.45. The first-order valence-corrected chi connectivity index (χ1v) is 11.3. The van der Waals surface area contributed by atoms with Gasteiger partial charge in [-0.2, -0.15) is 0 Å². The van der Waals surface area contributed by atoms with E-state index in [1.54, 1.807) is 13.5 Å². The van der Waals surface area contributed by atoms with E-state index in [2.05, 4.69) is 6.58 Å². The molecule has 0 amide bonds. The highest BCUT2D eigenvalue weighted by molar-refractivity contribution is 6.81. The van der Waals surface area contributed by atoms with Crippen LogP contribution in [0.1, 0.15) is 6.92 Å². The number of carbonyl (C=O) groups excluding carboxylic acids is 1. The van der Waals surface area contributed by atoms with E-state index in [9.17, 15) is 9.59 Å². The second-order valence-electron chi connectivity index (χ2n) is 5.06. The summed E-state index contributed by atoms with van der Waals surface area (Å²) in [5.74, 6) is -0.419. The van der Waals surface area contributed by atoms with E-state index in [0.29, 0.717) is 11.6 Å². The van der Waals surface area contributed by atoms with E-state index < -0.39 is 22.8 Å². The summed E-state index contributed by atoms with van der Waals surface area (Å²) < 4.78 is 10.6. The third-order valence-electron chi connectivity index (χ3n) is 1.67. The van der Waals surface area contributed by atoms with Gasteiger partial charge in [0.25, 0.3) is 0 Å². The van der Waals surface area contributed by atoms with Crippen LogP contribution in [0.5, 0.6) is 0 Å². The number of hydrogen-bond donors (Lipinski definition) is 1. The molecule has 0 aromatic carbocycles. The predicted molar refractivity (Wildman–Crippen MR) is 68.8 cm³/mol. The van der Waals surface area contributed by atoms with Crippen LogP contribution in [0.2, 0.25) is 32.2 Å². The molecule has 94 valence electrons. The number of esters is 1. The molecule has 16 heavy (non-hydrogen) atoms. The molecule has 0 spiro atoms. The molecule has 0 heterocycles. The number of carbonyl (C=O) groups is 1. The molecular formula is C10H22O4Si2. The molecule has 0 aromatic rings. The van der Waals surface area contributed by atoms with Gasteiger partial charge in [-0.25, -0.2) is 4.79 Å². The van der Waals surface area contributed by atoms with Gasteiger partial charge in [-0.3, -0.25) is 0 Å². The zero-order valence-corrected chi connectivity index (χ0v) is 12.8. The number of rotatable bonds is 6. The van der Waals surface area contributed by atoms with Gasteiger partial charge >= 0.3 is 14.5 Å². The summed E-state index contributed by atoms with van der Waals surface area (Å²) in [6.45, 7) is 13.1. The molecule has 0 radical (unpaired) electrons. The van der Waals surface area contributed by atoms with Crippen LogP contribution in [0.3, 0.4) is 0 Å². The molecule has 1 N–H and O–H groups in total. The molecule has 0 fully saturated rings. The summed E-state index contributed by atoms with van der Waals surface area (Å²) in [6.07, 6.45) is 0. The molecule has 0 saturated carbocycles. The Balaban J connectivity index is 4.01. The second kappa shape index (κ2) is 5.76. The average molecular weight is 262 g/mol. The Morgan fingerprint density at radius 3 is 2.19 bits per heavy atom. The highest BCUT2D eigenvalue weighted by Gasteiger charge is 2.33. The molecule has 4 nitrogen and oxygen atoms in total. The summed E-state index contributed by atoms with van der Waals surface area (Å²) >= 11 is 0. The maximum absolute atomic E-state index is 11.1. The molecule has 0 saturated heterocycles. The highest BCUT2D eigenvalue weighted by atomic mass is 28.4. The third kappa shape index (κ3) is 7.80. The molecule has 1 atom stereocenters. The number of hydrogen-bond acceptors (Lipinski definition) is 4. The summed E-state index contributed by atoms with van der Waals surface area (Å²) in [5.41, 5.74) is 0.368. The van der Waals surface area contributed by atoms with E-state index in [1.165, 1.54) is 0 Å². The van der Waals surface area contributed by atoms with Crippen LogP contribution in [0, 0.1) is 0 Å². The Morgan fingerprint density at radius 2 is 1.81 bits per heavy atom. The van der Waals surface area contributed by atoms with Crippen LogP contribution >= 0.6 is 0 Å². The van der Waals surface area contributed by atoms with Crippen molar-refractivity contribution < 1.29 is 18.4 Å². The standard InChI is InChI=1S/C10H22O4Si2/c1-9(2)10(11)13-7-8-16(6,12)14-15(3,4)5/h12H,1,7-8H2,2-6H3. The fraction of sp³-hybridized carbons (Fsp3) is 0.700. The van der Waals surface area contributed by atoms with E-state index in [-0.39, 0.29) is 6.61 Å². The Hall–Kier alpha value is -0.436. The minimum Gasteiger partial charge on any atom is -0.462 e. The molecule has 0 aliphatic carbocycles. The van der Waals surface area contributed by atoms with Gasteiger partial charge in [-0.05, 0) is 33.1 Å². The van der Waals surface area contributed by atoms with Crippen LogP contribution in [-0.4, -0.2) is 34.3 Å². The van der Waals surface area contributed by atoms with Gasteiger partial charge in [-0.1, -0.05) is 6.58 Å². The van der Waals surface area contributed by atoms with Crippen molar-refractivity contribution in [2.45, 2.75) is 39.2 Å². The first-order valence-electron chi connectivity index (χ1n) is 5.29. The summed E-state index contributed by atoms with van der Waals surface area (Å²) in [5, 5.41) is 0. The van der Waals surface area contributed by atoms with Gasteiger partial charge in [-0.15, -0.1) is 0 Å². The minimum absolute atomic E-state index is 0.190. The van der Waals surface area contributed by atoms with Crippen molar-refractivity contribution in [2.75, 3.05) is 6.61 Å². The van der Waals surface area contributed by atoms with E-state index >= 15 is 0 Å². The topological polar surface area (TPSA) is 55.8 Å². The van der Waals surface area contributed by atoms with Gasteiger partial charge in [0.2, 0.25) is 0 Å². The van der Waals surface area contributed by atoms with Crippen molar-refractivity contribution in [1.82, 2.24) is 0 Å². The second-order valence-corrected chi connectivity index (χ2v) is 12.9. The number of ether oxygens (including phenoxy) is 1. The molecule has 0 aliphatic heterocycles. The van der Waals surface area contributed by atoms with Crippen LogP contribution in [0.15, 0.2) is 12.2 Å². The van der Waals surface area contributed by atoms with E-state index in [4.69, 9.17) is 8.85 Å². The van der Waals surface area contributed by atoms with Gasteiger partial charge in [0.15, 0.2) is 8.32 Å². The molecule has 0 aromatic heterocycles. The van der Waals surface area contributed by atoms with Gasteiger partial charge in [0.05, 0.1) is 6.61 Å². The molecule has 0 rings (SSSR count). The predicted octanol–water partition coefficient (Wildman–Crippen LogP) is 2.02. The lowest BCUT2D eigenvalue weighted by atomic mass is 10.4. The zero-order chi connectivity index (χ0) is 13.0. The van der Waals surface area contributed by atoms with Crippen LogP contribution in [0.25, 0.3) is 0 Å². The summed E-state index contributed by atoms with van der Waals surface area (Å²) in [6, 6.07) is 0.399. The third-order valence-corrected chi connectivity index (χ3v) is 7.01. The van der Waals surface area contributed by atoms with E-state index in [0.717, 1.165) is 0 Å². The molecular weight excluding hydrogens is 240 g/mol. The molecule has 0 aliphatic rings. The molecule has 1 unspecified atom stereocenters. The minimum atomic E-state index is -2.69. The van der Waals surface area contributed by atoms with Crippen LogP contribution in [-0.2, 0) is 13.6 Å². The van der Waals surface area contributed by atoms with E-state index in [1.807, 2.05) is 19.6 Å². The van der Waals surface area contributed by atoms with Crippen molar-refractivity contribution in [3.05, 3.63) is 12.2 Å². The first-order chi connectivity index (χ1) is 7.03. The van der Waals surface area contributed by atoms with Crippen LogP contribution < -0.4 is 0 Å². The van der Waals surface area contributed by atoms with Gasteiger partial charge in [0, 0.05) is 11.6 Å². The Kier molecular flexibility index (Phi) is 5.61. The summed E-state index contributed by atoms with van der Waals surface area (Å²) in [7, 11) is -4.42. The normalized spacial score (nSPS) is 15.4. The monoisotopic (exact) mass is 262 g/mol. The quantitative estimate of drug-likeness (QED) is 0.452. The zero-order valence-electron chi connectivity index (χ0n) is 10.8. The SMILES string of the molecule is C=C(C)C(=O)OCC[Si](C)(O)O[Si](C)(C)C. The Morgan fingerprint density at radius 1 is 1.31 bits per heavy atom. The lowest BCUT2D eigenvalue weighted by molar-refractivity contribution is -0.138. The van der Waals surface area contributed by atoms with Crippen molar-refractivity contribution in [1.29, 1.82) is 0 Å². The molecule has 0 bridgehead atoms. The Bertz CT molecular complexity index is 268.